The lowest BCUT2D eigenvalue weighted by Gasteiger charge is -2.13. The van der Waals surface area contributed by atoms with Gasteiger partial charge in [-0.15, -0.1) is 11.3 Å². The van der Waals surface area contributed by atoms with Crippen LogP contribution in [0.3, 0.4) is 0 Å². The highest BCUT2D eigenvalue weighted by Gasteiger charge is 2.13. The molecule has 0 aromatic carbocycles. The first kappa shape index (κ1) is 13.4. The number of likely N-dealkylation sites (N-methyl/N-ethyl adjacent to an activating group) is 1. The van der Waals surface area contributed by atoms with Crippen molar-refractivity contribution in [3.63, 3.8) is 0 Å². The fourth-order valence-electron chi connectivity index (χ4n) is 1.38. The van der Waals surface area contributed by atoms with Crippen molar-refractivity contribution in [2.24, 2.45) is 0 Å². The van der Waals surface area contributed by atoms with Gasteiger partial charge in [-0.25, -0.2) is 0 Å². The molecule has 4 heteroatoms. The van der Waals surface area contributed by atoms with E-state index in [-0.39, 0.29) is 0 Å². The Hall–Kier alpha value is 0.360. The highest BCUT2D eigenvalue weighted by atomic mass is 79.9. The van der Waals surface area contributed by atoms with Crippen LogP contribution in [-0.2, 0) is 0 Å². The Morgan fingerprint density at radius 2 is 2.20 bits per heavy atom. The highest BCUT2D eigenvalue weighted by molar-refractivity contribution is 9.12. The molecule has 0 fully saturated rings. The second-order valence-electron chi connectivity index (χ2n) is 3.56. The van der Waals surface area contributed by atoms with Gasteiger partial charge in [0.05, 0.1) is 13.6 Å². The van der Waals surface area contributed by atoms with E-state index >= 15 is 0 Å². The number of hydrogen-bond acceptors (Lipinski definition) is 2. The first-order valence-electron chi connectivity index (χ1n) is 4.87. The van der Waals surface area contributed by atoms with Crippen molar-refractivity contribution in [3.05, 3.63) is 30.9 Å². The predicted molar refractivity (Wildman–Crippen MR) is 75.6 cm³/mol. The molecule has 1 atom stereocenters. The van der Waals surface area contributed by atoms with Gasteiger partial charge in [0.2, 0.25) is 0 Å². The van der Waals surface area contributed by atoms with E-state index in [9.17, 15) is 0 Å². The van der Waals surface area contributed by atoms with Crippen molar-refractivity contribution >= 4 is 43.2 Å². The lowest BCUT2D eigenvalue weighted by molar-refractivity contribution is 0.644. The van der Waals surface area contributed by atoms with Gasteiger partial charge in [-0.1, -0.05) is 18.6 Å². The van der Waals surface area contributed by atoms with Crippen molar-refractivity contribution < 1.29 is 0 Å². The maximum atomic E-state index is 3.60. The molecule has 0 radical (unpaired) electrons. The quantitative estimate of drug-likeness (QED) is 0.760. The van der Waals surface area contributed by atoms with E-state index in [0.29, 0.717) is 6.04 Å². The Morgan fingerprint density at radius 3 is 2.60 bits per heavy atom. The lowest BCUT2D eigenvalue weighted by Crippen LogP contribution is -2.19. The summed E-state index contributed by atoms with van der Waals surface area (Å²) in [7, 11) is 0. The molecule has 0 spiro atoms. The minimum atomic E-state index is 0.303. The zero-order chi connectivity index (χ0) is 11.4. The Kier molecular flexibility index (Phi) is 5.53. The van der Waals surface area contributed by atoms with Crippen LogP contribution in [0.2, 0.25) is 0 Å². The zero-order valence-electron chi connectivity index (χ0n) is 9.10. The molecule has 0 aliphatic rings. The van der Waals surface area contributed by atoms with Crippen molar-refractivity contribution in [1.29, 1.82) is 0 Å². The summed E-state index contributed by atoms with van der Waals surface area (Å²) in [6.07, 6.45) is 2.25. The van der Waals surface area contributed by atoms with Gasteiger partial charge in [0.1, 0.15) is 0 Å². The Morgan fingerprint density at radius 1 is 1.53 bits per heavy atom. The molecule has 1 N–H and O–H groups in total. The molecule has 0 aliphatic heterocycles. The van der Waals surface area contributed by atoms with Crippen molar-refractivity contribution in [2.75, 3.05) is 6.54 Å². The molecular formula is C11H15Br2NS. The Balaban J connectivity index is 2.98. The molecule has 1 rings (SSSR count). The highest BCUT2D eigenvalue weighted by Crippen LogP contribution is 2.36. The zero-order valence-corrected chi connectivity index (χ0v) is 13.1. The average molecular weight is 353 g/mol. The van der Waals surface area contributed by atoms with E-state index in [0.717, 1.165) is 10.3 Å². The molecule has 0 bridgehead atoms. The summed E-state index contributed by atoms with van der Waals surface area (Å²) < 4.78 is 2.35. The summed E-state index contributed by atoms with van der Waals surface area (Å²) >= 11 is 8.82. The second kappa shape index (κ2) is 6.18. The van der Waals surface area contributed by atoms with Gasteiger partial charge in [-0.2, -0.15) is 0 Å². The van der Waals surface area contributed by atoms with Gasteiger partial charge in [-0.3, -0.25) is 0 Å². The summed E-state index contributed by atoms with van der Waals surface area (Å²) in [5.74, 6) is 0. The number of hydrogen-bond donors (Lipinski definition) is 1. The van der Waals surface area contributed by atoms with E-state index in [1.54, 1.807) is 11.3 Å². The maximum Gasteiger partial charge on any atom is 0.0761 e. The van der Waals surface area contributed by atoms with Gasteiger partial charge >= 0.3 is 0 Å². The van der Waals surface area contributed by atoms with Crippen molar-refractivity contribution in [3.8, 4) is 0 Å². The molecule has 1 nitrogen and oxygen atoms in total. The molecule has 15 heavy (non-hydrogen) atoms. The predicted octanol–water partition coefficient (Wildman–Crippen LogP) is 4.89. The lowest BCUT2D eigenvalue weighted by atomic mass is 10.1. The smallest absolute Gasteiger partial charge is 0.0761 e. The molecular weight excluding hydrogens is 338 g/mol. The first-order chi connectivity index (χ1) is 7.04. The molecule has 0 amide bonds. The minimum absolute atomic E-state index is 0.303. The fourth-order valence-corrected chi connectivity index (χ4v) is 4.31. The summed E-state index contributed by atoms with van der Waals surface area (Å²) in [5, 5.41) is 3.46. The summed E-state index contributed by atoms with van der Waals surface area (Å²) in [5.41, 5.74) is 2.63. The van der Waals surface area contributed by atoms with Crippen LogP contribution in [0.5, 0.6) is 0 Å². The number of nitrogens with one attached hydrogen (secondary N) is 1. The second-order valence-corrected chi connectivity index (χ2v) is 7.31. The maximum absolute atomic E-state index is 3.60. The van der Waals surface area contributed by atoms with Crippen LogP contribution >= 0.6 is 43.2 Å². The molecule has 1 heterocycles. The third-order valence-electron chi connectivity index (χ3n) is 1.94. The molecule has 84 valence electrons. The molecule has 0 aliphatic carbocycles. The largest absolute Gasteiger partial charge is 0.307 e. The number of halogens is 2. The number of allylic oxidation sites excluding steroid dienone is 1. The van der Waals surface area contributed by atoms with Crippen molar-refractivity contribution in [1.82, 2.24) is 5.32 Å². The van der Waals surface area contributed by atoms with Gasteiger partial charge in [0.25, 0.3) is 0 Å². The molecule has 0 saturated carbocycles. The minimum Gasteiger partial charge on any atom is -0.307 e. The van der Waals surface area contributed by atoms with Crippen LogP contribution in [0.4, 0.5) is 0 Å². The van der Waals surface area contributed by atoms with Crippen LogP contribution in [0.25, 0.3) is 0 Å². The van der Waals surface area contributed by atoms with E-state index in [1.807, 2.05) is 0 Å². The van der Waals surface area contributed by atoms with Crippen LogP contribution in [0.15, 0.2) is 25.3 Å². The average Bonchev–Trinajstić information content (AvgIpc) is 2.44. The van der Waals surface area contributed by atoms with Gasteiger partial charge in [0, 0.05) is 0 Å². The van der Waals surface area contributed by atoms with Crippen LogP contribution in [0, 0.1) is 0 Å². The molecule has 1 unspecified atom stereocenters. The normalized spacial score (nSPS) is 12.6. The van der Waals surface area contributed by atoms with E-state index in [1.165, 1.54) is 14.9 Å². The monoisotopic (exact) mass is 351 g/mol. The molecule has 1 aromatic rings. The topological polar surface area (TPSA) is 12.0 Å². The molecule has 0 saturated heterocycles. The Labute approximate surface area is 112 Å². The van der Waals surface area contributed by atoms with E-state index < -0.39 is 0 Å². The SMILES string of the molecule is CCNC(C=C(C)C)c1cc(Br)sc1Br. The number of thiophene rings is 1. The van der Waals surface area contributed by atoms with Crippen LogP contribution in [-0.4, -0.2) is 6.54 Å². The first-order valence-corrected chi connectivity index (χ1v) is 7.28. The molecule has 1 aromatic heterocycles. The van der Waals surface area contributed by atoms with Gasteiger partial charge in [-0.05, 0) is 63.9 Å². The standard InChI is InChI=1S/C11H15Br2NS/c1-4-14-9(5-7(2)3)8-6-10(12)15-11(8)13/h5-6,9,14H,4H2,1-3H3. The third-order valence-corrected chi connectivity index (χ3v) is 4.33. The summed E-state index contributed by atoms with van der Waals surface area (Å²) in [4.78, 5) is 0. The Bertz CT molecular complexity index is 353. The summed E-state index contributed by atoms with van der Waals surface area (Å²) in [6, 6.07) is 2.47. The van der Waals surface area contributed by atoms with Gasteiger partial charge in [0.15, 0.2) is 0 Å². The van der Waals surface area contributed by atoms with Crippen molar-refractivity contribution in [2.45, 2.75) is 26.8 Å². The van der Waals surface area contributed by atoms with Crippen LogP contribution in [0.1, 0.15) is 32.4 Å². The summed E-state index contributed by atoms with van der Waals surface area (Å²) in [6.45, 7) is 7.34. The van der Waals surface area contributed by atoms with E-state index in [2.05, 4.69) is 70.1 Å². The van der Waals surface area contributed by atoms with Crippen LogP contribution < -0.4 is 5.32 Å². The third kappa shape index (κ3) is 4.02. The van der Waals surface area contributed by atoms with E-state index in [4.69, 9.17) is 0 Å². The number of rotatable bonds is 4. The fraction of sp³-hybridized carbons (Fsp3) is 0.455. The van der Waals surface area contributed by atoms with Gasteiger partial charge < -0.3 is 5.32 Å².